The summed E-state index contributed by atoms with van der Waals surface area (Å²) in [6.45, 7) is 5.10. The highest BCUT2D eigenvalue weighted by Crippen LogP contribution is 2.44. The maximum absolute atomic E-state index is 14.7. The number of carbonyl (C=O) groups excluding carboxylic acids is 1. The van der Waals surface area contributed by atoms with Gasteiger partial charge in [-0.15, -0.1) is 0 Å². The molecule has 3 aromatic rings. The van der Waals surface area contributed by atoms with E-state index in [1.54, 1.807) is 0 Å². The normalized spacial score (nSPS) is 22.3. The van der Waals surface area contributed by atoms with Crippen LogP contribution in [0, 0.1) is 18.6 Å². The van der Waals surface area contributed by atoms with E-state index in [9.17, 15) is 13.6 Å². The van der Waals surface area contributed by atoms with Crippen molar-refractivity contribution < 1.29 is 18.2 Å². The van der Waals surface area contributed by atoms with Gasteiger partial charge in [0.05, 0.1) is 17.3 Å². The molecule has 0 saturated carbocycles. The molecule has 2 aliphatic heterocycles. The summed E-state index contributed by atoms with van der Waals surface area (Å²) >= 11 is 0. The smallest absolute Gasteiger partial charge is 0.240 e. The molecule has 1 unspecified atom stereocenters. The van der Waals surface area contributed by atoms with Gasteiger partial charge in [-0.05, 0) is 69.5 Å². The van der Waals surface area contributed by atoms with Crippen LogP contribution in [0.15, 0.2) is 58.3 Å². The number of aryl methyl sites for hydroxylation is 1. The summed E-state index contributed by atoms with van der Waals surface area (Å²) in [4.78, 5) is 15.2. The molecule has 7 nitrogen and oxygen atoms in total. The summed E-state index contributed by atoms with van der Waals surface area (Å²) in [5.74, 6) is -1.34. The Labute approximate surface area is 208 Å². The van der Waals surface area contributed by atoms with Gasteiger partial charge in [0.1, 0.15) is 23.0 Å². The fourth-order valence-electron chi connectivity index (χ4n) is 5.67. The standard InChI is InChI=1S/C27H29F2N5O2/c1-18-26(32-36-31-18)25-10-6-14-33(25)15-7-13-27(20-8-4-3-5-9-20)17-24(30-34(27)19(2)35)22-16-21(28)11-12-23(22)29/h3-5,8-9,11-12,16,25H,6-7,10,13-15,17H2,1-2H3/t25?,27-/m0/s1. The summed E-state index contributed by atoms with van der Waals surface area (Å²) < 4.78 is 33.6. The Bertz CT molecular complexity index is 1280. The van der Waals surface area contributed by atoms with Gasteiger partial charge in [0, 0.05) is 18.9 Å². The van der Waals surface area contributed by atoms with Crippen molar-refractivity contribution in [3.05, 3.63) is 82.7 Å². The van der Waals surface area contributed by atoms with Gasteiger partial charge in [0.25, 0.3) is 0 Å². The number of nitrogens with zero attached hydrogens (tertiary/aromatic N) is 5. The van der Waals surface area contributed by atoms with Crippen LogP contribution in [0.1, 0.15) is 67.6 Å². The Hall–Kier alpha value is -3.46. The lowest BCUT2D eigenvalue weighted by Crippen LogP contribution is -2.43. The minimum atomic E-state index is -0.790. The minimum Gasteiger partial charge on any atom is -0.295 e. The van der Waals surface area contributed by atoms with Crippen molar-refractivity contribution in [1.29, 1.82) is 0 Å². The Morgan fingerprint density at radius 2 is 1.97 bits per heavy atom. The van der Waals surface area contributed by atoms with Crippen LogP contribution in [-0.2, 0) is 10.3 Å². The predicted octanol–water partition coefficient (Wildman–Crippen LogP) is 5.13. The molecule has 5 rings (SSSR count). The van der Waals surface area contributed by atoms with Gasteiger partial charge in [-0.3, -0.25) is 9.69 Å². The molecule has 9 heteroatoms. The lowest BCUT2D eigenvalue weighted by atomic mass is 9.80. The number of hydrazone groups is 1. The molecule has 2 aliphatic rings. The molecule has 0 bridgehead atoms. The van der Waals surface area contributed by atoms with Gasteiger partial charge in [-0.1, -0.05) is 40.6 Å². The maximum Gasteiger partial charge on any atom is 0.240 e. The topological polar surface area (TPSA) is 74.8 Å². The van der Waals surface area contributed by atoms with E-state index in [4.69, 9.17) is 4.63 Å². The van der Waals surface area contributed by atoms with Gasteiger partial charge >= 0.3 is 0 Å². The van der Waals surface area contributed by atoms with Crippen LogP contribution >= 0.6 is 0 Å². The molecule has 36 heavy (non-hydrogen) atoms. The van der Waals surface area contributed by atoms with Crippen LogP contribution in [0.3, 0.4) is 0 Å². The number of hydrogen-bond donors (Lipinski definition) is 0. The Morgan fingerprint density at radius 3 is 2.69 bits per heavy atom. The molecular weight excluding hydrogens is 464 g/mol. The zero-order valence-corrected chi connectivity index (χ0v) is 20.5. The van der Waals surface area contributed by atoms with Crippen LogP contribution in [0.5, 0.6) is 0 Å². The van der Waals surface area contributed by atoms with Crippen molar-refractivity contribution >= 4 is 11.6 Å². The fraction of sp³-hybridized carbons (Fsp3) is 0.407. The highest BCUT2D eigenvalue weighted by Gasteiger charge is 2.46. The van der Waals surface area contributed by atoms with Gasteiger partial charge in [-0.2, -0.15) is 5.10 Å². The second-order valence-electron chi connectivity index (χ2n) is 9.61. The number of rotatable bonds is 7. The van der Waals surface area contributed by atoms with Crippen molar-refractivity contribution in [2.45, 2.75) is 57.5 Å². The first-order chi connectivity index (χ1) is 17.4. The number of amides is 1. The lowest BCUT2D eigenvalue weighted by molar-refractivity contribution is -0.135. The Morgan fingerprint density at radius 1 is 1.17 bits per heavy atom. The summed E-state index contributed by atoms with van der Waals surface area (Å²) in [5, 5.41) is 14.1. The van der Waals surface area contributed by atoms with Crippen molar-refractivity contribution in [3.63, 3.8) is 0 Å². The quantitative estimate of drug-likeness (QED) is 0.456. The summed E-state index contributed by atoms with van der Waals surface area (Å²) in [7, 11) is 0. The Balaban J connectivity index is 1.43. The molecule has 0 aliphatic carbocycles. The molecule has 1 saturated heterocycles. The first kappa shape index (κ1) is 24.2. The van der Waals surface area contributed by atoms with Crippen molar-refractivity contribution in [2.75, 3.05) is 13.1 Å². The third kappa shape index (κ3) is 4.43. The Kier molecular flexibility index (Phi) is 6.66. The summed E-state index contributed by atoms with van der Waals surface area (Å²) in [5.41, 5.74) is 2.28. The number of halogens is 2. The largest absolute Gasteiger partial charge is 0.295 e. The first-order valence-electron chi connectivity index (χ1n) is 12.3. The molecule has 2 aromatic carbocycles. The van der Waals surface area contributed by atoms with E-state index in [1.165, 1.54) is 11.9 Å². The summed E-state index contributed by atoms with van der Waals surface area (Å²) in [6, 6.07) is 13.2. The highest BCUT2D eigenvalue weighted by molar-refractivity contribution is 6.03. The van der Waals surface area contributed by atoms with Crippen LogP contribution in [0.2, 0.25) is 0 Å². The second-order valence-corrected chi connectivity index (χ2v) is 9.61. The average Bonchev–Trinajstić information content (AvgIpc) is 3.60. The molecule has 1 fully saturated rings. The lowest BCUT2D eigenvalue weighted by Gasteiger charge is -2.37. The van der Waals surface area contributed by atoms with E-state index in [0.717, 1.165) is 67.5 Å². The zero-order chi connectivity index (χ0) is 25.3. The van der Waals surface area contributed by atoms with Gasteiger partial charge in [0.2, 0.25) is 5.91 Å². The molecule has 2 atom stereocenters. The van der Waals surface area contributed by atoms with Crippen LogP contribution < -0.4 is 0 Å². The van der Waals surface area contributed by atoms with Crippen molar-refractivity contribution in [2.24, 2.45) is 5.10 Å². The van der Waals surface area contributed by atoms with E-state index in [1.807, 2.05) is 37.3 Å². The molecule has 1 aromatic heterocycles. The molecule has 3 heterocycles. The molecule has 0 N–H and O–H groups in total. The van der Waals surface area contributed by atoms with Gasteiger partial charge < -0.3 is 0 Å². The average molecular weight is 494 g/mol. The van der Waals surface area contributed by atoms with E-state index in [-0.39, 0.29) is 17.5 Å². The van der Waals surface area contributed by atoms with Crippen LogP contribution in [-0.4, -0.2) is 44.9 Å². The highest BCUT2D eigenvalue weighted by atomic mass is 19.1. The van der Waals surface area contributed by atoms with E-state index < -0.39 is 17.2 Å². The van der Waals surface area contributed by atoms with E-state index in [2.05, 4.69) is 20.3 Å². The summed E-state index contributed by atoms with van der Waals surface area (Å²) in [6.07, 6.45) is 3.73. The zero-order valence-electron chi connectivity index (χ0n) is 20.5. The first-order valence-corrected chi connectivity index (χ1v) is 12.3. The number of aromatic nitrogens is 2. The van der Waals surface area contributed by atoms with Gasteiger partial charge in [0.15, 0.2) is 0 Å². The van der Waals surface area contributed by atoms with E-state index in [0.29, 0.717) is 18.6 Å². The molecule has 0 radical (unpaired) electrons. The second kappa shape index (κ2) is 9.89. The molecule has 1 amide bonds. The number of benzene rings is 2. The third-order valence-electron chi connectivity index (χ3n) is 7.34. The number of hydrogen-bond acceptors (Lipinski definition) is 6. The van der Waals surface area contributed by atoms with E-state index >= 15 is 0 Å². The number of carbonyl (C=O) groups is 1. The predicted molar refractivity (Wildman–Crippen MR) is 130 cm³/mol. The van der Waals surface area contributed by atoms with Crippen LogP contribution in [0.4, 0.5) is 8.78 Å². The van der Waals surface area contributed by atoms with Crippen molar-refractivity contribution in [1.82, 2.24) is 20.2 Å². The van der Waals surface area contributed by atoms with Crippen molar-refractivity contribution in [3.8, 4) is 0 Å². The SMILES string of the molecule is CC(=O)N1N=C(c2cc(F)ccc2F)C[C@@]1(CCCN1CCCC1c1nonc1C)c1ccccc1. The fourth-order valence-corrected chi connectivity index (χ4v) is 5.67. The molecular formula is C27H29F2N5O2. The van der Waals surface area contributed by atoms with Crippen LogP contribution in [0.25, 0.3) is 0 Å². The minimum absolute atomic E-state index is 0.0904. The molecule has 188 valence electrons. The maximum atomic E-state index is 14.7. The van der Waals surface area contributed by atoms with Gasteiger partial charge in [-0.25, -0.2) is 18.4 Å². The number of likely N-dealkylation sites (tertiary alicyclic amines) is 1. The third-order valence-corrected chi connectivity index (χ3v) is 7.34. The monoisotopic (exact) mass is 493 g/mol. The molecule has 0 spiro atoms.